The number of nitrogens with zero attached hydrogens (tertiary/aromatic N) is 5. The standard InChI is InChI=1S/C11H19N5O2S/c1-8-11-12-10(9-4-5-9)13-15(11)6-7-16(8)19(17,18)14(2)3/h8-9H,4-7H2,1-3H3/t8-/m1/s1. The van der Waals surface area contributed by atoms with Crippen LogP contribution in [0.25, 0.3) is 0 Å². The average Bonchev–Trinajstić information content (AvgIpc) is 3.09. The summed E-state index contributed by atoms with van der Waals surface area (Å²) in [7, 11) is -0.296. The highest BCUT2D eigenvalue weighted by atomic mass is 32.2. The number of hydrogen-bond acceptors (Lipinski definition) is 4. The highest BCUT2D eigenvalue weighted by Gasteiger charge is 2.38. The molecule has 0 spiro atoms. The van der Waals surface area contributed by atoms with Gasteiger partial charge >= 0.3 is 0 Å². The van der Waals surface area contributed by atoms with E-state index in [2.05, 4.69) is 10.1 Å². The van der Waals surface area contributed by atoms with Gasteiger partial charge in [0.25, 0.3) is 10.2 Å². The summed E-state index contributed by atoms with van der Waals surface area (Å²) in [6.45, 7) is 2.89. The lowest BCUT2D eigenvalue weighted by Crippen LogP contribution is -2.46. The minimum Gasteiger partial charge on any atom is -0.247 e. The molecule has 3 rings (SSSR count). The first kappa shape index (κ1) is 13.0. The van der Waals surface area contributed by atoms with Gasteiger partial charge < -0.3 is 0 Å². The van der Waals surface area contributed by atoms with Crippen molar-refractivity contribution in [3.8, 4) is 0 Å². The van der Waals surface area contributed by atoms with Crippen LogP contribution in [-0.4, -0.2) is 52.4 Å². The van der Waals surface area contributed by atoms with E-state index in [1.807, 2.05) is 11.6 Å². The van der Waals surface area contributed by atoms with Crippen molar-refractivity contribution < 1.29 is 8.42 Å². The van der Waals surface area contributed by atoms with Gasteiger partial charge in [-0.15, -0.1) is 0 Å². The number of rotatable bonds is 3. The molecule has 0 bridgehead atoms. The average molecular weight is 285 g/mol. The zero-order valence-electron chi connectivity index (χ0n) is 11.4. The van der Waals surface area contributed by atoms with Crippen LogP contribution in [-0.2, 0) is 16.8 Å². The summed E-state index contributed by atoms with van der Waals surface area (Å²) in [4.78, 5) is 4.54. The van der Waals surface area contributed by atoms with E-state index in [9.17, 15) is 8.42 Å². The molecule has 1 saturated carbocycles. The van der Waals surface area contributed by atoms with Crippen LogP contribution in [0.1, 0.15) is 43.4 Å². The summed E-state index contributed by atoms with van der Waals surface area (Å²) in [5.74, 6) is 2.13. The molecule has 2 aliphatic rings. The third-order valence-electron chi connectivity index (χ3n) is 3.75. The third kappa shape index (κ3) is 2.07. The van der Waals surface area contributed by atoms with E-state index in [4.69, 9.17) is 0 Å². The number of hydrogen-bond donors (Lipinski definition) is 0. The Kier molecular flexibility index (Phi) is 2.91. The molecule has 0 unspecified atom stereocenters. The van der Waals surface area contributed by atoms with Gasteiger partial charge in [0.05, 0.1) is 12.6 Å². The zero-order chi connectivity index (χ0) is 13.8. The maximum atomic E-state index is 12.3. The number of fused-ring (bicyclic) bond motifs is 1. The molecule has 0 amide bonds. The van der Waals surface area contributed by atoms with E-state index in [-0.39, 0.29) is 6.04 Å². The molecule has 8 heteroatoms. The van der Waals surface area contributed by atoms with Gasteiger partial charge in [0.2, 0.25) is 0 Å². The van der Waals surface area contributed by atoms with Crippen molar-refractivity contribution in [3.05, 3.63) is 11.6 Å². The fourth-order valence-corrected chi connectivity index (χ4v) is 3.63. The Labute approximate surface area is 113 Å². The molecule has 0 radical (unpaired) electrons. The van der Waals surface area contributed by atoms with Crippen LogP contribution in [0.2, 0.25) is 0 Å². The van der Waals surface area contributed by atoms with Crippen LogP contribution >= 0.6 is 0 Å². The van der Waals surface area contributed by atoms with E-state index in [0.29, 0.717) is 19.0 Å². The van der Waals surface area contributed by atoms with Gasteiger partial charge in [0.15, 0.2) is 5.82 Å². The molecule has 1 aliphatic heterocycles. The first-order valence-corrected chi connectivity index (χ1v) is 7.95. The maximum Gasteiger partial charge on any atom is 0.282 e. The second kappa shape index (κ2) is 4.26. The fourth-order valence-electron chi connectivity index (χ4n) is 2.40. The molecule has 1 aromatic heterocycles. The minimum absolute atomic E-state index is 0.263. The van der Waals surface area contributed by atoms with E-state index >= 15 is 0 Å². The van der Waals surface area contributed by atoms with Gasteiger partial charge in [-0.3, -0.25) is 0 Å². The topological polar surface area (TPSA) is 71.3 Å². The molecular formula is C11H19N5O2S. The summed E-state index contributed by atoms with van der Waals surface area (Å²) in [6.07, 6.45) is 2.30. The Bertz CT molecular complexity index is 590. The van der Waals surface area contributed by atoms with E-state index in [1.54, 1.807) is 14.1 Å². The maximum absolute atomic E-state index is 12.3. The number of aromatic nitrogens is 3. The minimum atomic E-state index is -3.40. The highest BCUT2D eigenvalue weighted by Crippen LogP contribution is 2.39. The van der Waals surface area contributed by atoms with Crippen LogP contribution in [0.15, 0.2) is 0 Å². The van der Waals surface area contributed by atoms with E-state index in [0.717, 1.165) is 24.5 Å². The monoisotopic (exact) mass is 285 g/mol. The molecule has 2 heterocycles. The van der Waals surface area contributed by atoms with Gasteiger partial charge in [-0.2, -0.15) is 22.1 Å². The first-order chi connectivity index (χ1) is 8.91. The molecule has 19 heavy (non-hydrogen) atoms. The summed E-state index contributed by atoms with van der Waals surface area (Å²) in [5, 5.41) is 4.50. The van der Waals surface area contributed by atoms with Crippen LogP contribution in [0.3, 0.4) is 0 Å². The van der Waals surface area contributed by atoms with E-state index in [1.165, 1.54) is 8.61 Å². The van der Waals surface area contributed by atoms with Crippen molar-refractivity contribution in [1.82, 2.24) is 23.4 Å². The molecule has 0 saturated heterocycles. The molecule has 106 valence electrons. The second-order valence-corrected chi connectivity index (χ2v) is 7.50. The molecule has 1 atom stereocenters. The third-order valence-corrected chi connectivity index (χ3v) is 5.77. The SMILES string of the molecule is C[C@@H]1c2nc(C3CC3)nn2CCN1S(=O)(=O)N(C)C. The van der Waals surface area contributed by atoms with Gasteiger partial charge in [0.1, 0.15) is 5.82 Å². The lowest BCUT2D eigenvalue weighted by atomic mass is 10.2. The lowest BCUT2D eigenvalue weighted by Gasteiger charge is -2.33. The van der Waals surface area contributed by atoms with Gasteiger partial charge in [0, 0.05) is 26.6 Å². The van der Waals surface area contributed by atoms with Gasteiger partial charge in [-0.05, 0) is 19.8 Å². The van der Waals surface area contributed by atoms with Crippen molar-refractivity contribution in [2.75, 3.05) is 20.6 Å². The van der Waals surface area contributed by atoms with Crippen molar-refractivity contribution in [2.24, 2.45) is 0 Å². The van der Waals surface area contributed by atoms with Crippen molar-refractivity contribution >= 4 is 10.2 Å². The smallest absolute Gasteiger partial charge is 0.247 e. The molecular weight excluding hydrogens is 266 g/mol. The van der Waals surface area contributed by atoms with Crippen LogP contribution in [0.4, 0.5) is 0 Å². The largest absolute Gasteiger partial charge is 0.282 e. The Morgan fingerprint density at radius 1 is 1.26 bits per heavy atom. The highest BCUT2D eigenvalue weighted by molar-refractivity contribution is 7.86. The fraction of sp³-hybridized carbons (Fsp3) is 0.818. The van der Waals surface area contributed by atoms with E-state index < -0.39 is 10.2 Å². The lowest BCUT2D eigenvalue weighted by molar-refractivity contribution is 0.251. The Balaban J connectivity index is 1.93. The summed E-state index contributed by atoms with van der Waals surface area (Å²) in [6, 6.07) is -0.263. The summed E-state index contributed by atoms with van der Waals surface area (Å²) >= 11 is 0. The predicted octanol–water partition coefficient (Wildman–Crippen LogP) is 0.339. The summed E-state index contributed by atoms with van der Waals surface area (Å²) in [5.41, 5.74) is 0. The quantitative estimate of drug-likeness (QED) is 0.803. The molecule has 1 aliphatic carbocycles. The first-order valence-electron chi connectivity index (χ1n) is 6.55. The van der Waals surface area contributed by atoms with Crippen molar-refractivity contribution in [1.29, 1.82) is 0 Å². The zero-order valence-corrected chi connectivity index (χ0v) is 12.3. The predicted molar refractivity (Wildman–Crippen MR) is 69.7 cm³/mol. The van der Waals surface area contributed by atoms with Gasteiger partial charge in [-0.25, -0.2) is 9.67 Å². The Hall–Kier alpha value is -0.990. The molecule has 0 N–H and O–H groups in total. The molecule has 1 fully saturated rings. The van der Waals surface area contributed by atoms with Crippen LogP contribution < -0.4 is 0 Å². The normalized spacial score (nSPS) is 24.7. The van der Waals surface area contributed by atoms with Gasteiger partial charge in [-0.1, -0.05) is 0 Å². The van der Waals surface area contributed by atoms with Crippen molar-refractivity contribution in [2.45, 2.75) is 38.3 Å². The molecule has 7 nitrogen and oxygen atoms in total. The molecule has 0 aromatic carbocycles. The Morgan fingerprint density at radius 3 is 2.53 bits per heavy atom. The Morgan fingerprint density at radius 2 is 1.95 bits per heavy atom. The molecule has 1 aromatic rings. The van der Waals surface area contributed by atoms with Crippen molar-refractivity contribution in [3.63, 3.8) is 0 Å². The van der Waals surface area contributed by atoms with Crippen LogP contribution in [0.5, 0.6) is 0 Å². The second-order valence-electron chi connectivity index (χ2n) is 5.40. The van der Waals surface area contributed by atoms with Crippen LogP contribution in [0, 0.1) is 0 Å². The summed E-state index contributed by atoms with van der Waals surface area (Å²) < 4.78 is 29.1.